The van der Waals surface area contributed by atoms with E-state index >= 15 is 0 Å². The zero-order valence-electron chi connectivity index (χ0n) is 13.6. The molecule has 0 aliphatic heterocycles. The van der Waals surface area contributed by atoms with E-state index in [4.69, 9.17) is 0 Å². The van der Waals surface area contributed by atoms with Gasteiger partial charge in [-0.15, -0.1) is 0 Å². The van der Waals surface area contributed by atoms with Gasteiger partial charge in [0.2, 0.25) is 0 Å². The lowest BCUT2D eigenvalue weighted by atomic mass is 9.79. The number of rotatable bonds is 7. The second-order valence-electron chi connectivity index (χ2n) is 6.51. The minimum Gasteiger partial charge on any atom is -0.314 e. The molecule has 3 heteroatoms. The van der Waals surface area contributed by atoms with Crippen LogP contribution in [0.3, 0.4) is 0 Å². The smallest absolute Gasteiger partial charge is 0.0492 e. The van der Waals surface area contributed by atoms with Gasteiger partial charge in [0.05, 0.1) is 0 Å². The minimum atomic E-state index is 0.195. The molecule has 21 heavy (non-hydrogen) atoms. The Morgan fingerprint density at radius 3 is 2.52 bits per heavy atom. The number of aryl methyl sites for hydroxylation is 1. The number of nitrogens with one attached hydrogen (secondary N) is 1. The molecule has 1 heterocycles. The number of benzene rings is 1. The van der Waals surface area contributed by atoms with Gasteiger partial charge in [-0.2, -0.15) is 5.10 Å². The van der Waals surface area contributed by atoms with Crippen LogP contribution in [0.25, 0.3) is 0 Å². The molecule has 0 amide bonds. The summed E-state index contributed by atoms with van der Waals surface area (Å²) < 4.78 is 1.94. The number of hydrogen-bond acceptors (Lipinski definition) is 2. The van der Waals surface area contributed by atoms with E-state index in [0.29, 0.717) is 6.04 Å². The fraction of sp³-hybridized carbons (Fsp3) is 0.500. The van der Waals surface area contributed by atoms with Crippen LogP contribution in [-0.2, 0) is 18.9 Å². The van der Waals surface area contributed by atoms with Crippen LogP contribution in [0.2, 0.25) is 0 Å². The Labute approximate surface area is 128 Å². The Morgan fingerprint density at radius 2 is 1.90 bits per heavy atom. The topological polar surface area (TPSA) is 29.9 Å². The fourth-order valence-corrected chi connectivity index (χ4v) is 2.94. The molecular weight excluding hydrogens is 258 g/mol. The molecule has 0 saturated heterocycles. The third-order valence-corrected chi connectivity index (χ3v) is 4.17. The van der Waals surface area contributed by atoms with Crippen molar-refractivity contribution in [1.82, 2.24) is 15.1 Å². The quantitative estimate of drug-likeness (QED) is 0.846. The first-order chi connectivity index (χ1) is 9.99. The molecule has 0 aliphatic rings. The van der Waals surface area contributed by atoms with Crippen LogP contribution in [0.15, 0.2) is 42.6 Å². The summed E-state index contributed by atoms with van der Waals surface area (Å²) in [5.41, 5.74) is 2.88. The van der Waals surface area contributed by atoms with Gasteiger partial charge in [-0.25, -0.2) is 0 Å². The van der Waals surface area contributed by atoms with Crippen molar-refractivity contribution in [3.05, 3.63) is 53.9 Å². The van der Waals surface area contributed by atoms with Gasteiger partial charge in [-0.05, 0) is 30.4 Å². The summed E-state index contributed by atoms with van der Waals surface area (Å²) in [5, 5.41) is 7.84. The highest BCUT2D eigenvalue weighted by atomic mass is 15.3. The van der Waals surface area contributed by atoms with Crippen molar-refractivity contribution in [3.63, 3.8) is 0 Å². The largest absolute Gasteiger partial charge is 0.314 e. The molecule has 0 spiro atoms. The normalized spacial score (nSPS) is 13.3. The van der Waals surface area contributed by atoms with E-state index in [0.717, 1.165) is 19.4 Å². The maximum Gasteiger partial charge on any atom is 0.0492 e. The molecule has 0 fully saturated rings. The molecule has 2 aromatic rings. The fourth-order valence-electron chi connectivity index (χ4n) is 2.94. The summed E-state index contributed by atoms with van der Waals surface area (Å²) in [4.78, 5) is 0. The summed E-state index contributed by atoms with van der Waals surface area (Å²) in [6.07, 6.45) is 4.01. The van der Waals surface area contributed by atoms with E-state index < -0.39 is 0 Å². The maximum atomic E-state index is 4.20. The highest BCUT2D eigenvalue weighted by Gasteiger charge is 2.22. The van der Waals surface area contributed by atoms with Gasteiger partial charge in [-0.1, -0.05) is 44.2 Å². The first kappa shape index (κ1) is 15.8. The molecule has 114 valence electrons. The Balaban J connectivity index is 1.81. The number of nitrogens with zero attached hydrogens (tertiary/aromatic N) is 2. The molecule has 2 rings (SSSR count). The average Bonchev–Trinajstić information content (AvgIpc) is 2.85. The van der Waals surface area contributed by atoms with Gasteiger partial charge in [0, 0.05) is 37.9 Å². The number of aromatic nitrogens is 2. The molecule has 0 radical (unpaired) electrons. The molecular formula is C18H27N3. The first-order valence-electron chi connectivity index (χ1n) is 7.75. The average molecular weight is 285 g/mol. The van der Waals surface area contributed by atoms with Crippen LogP contribution >= 0.6 is 0 Å². The summed E-state index contributed by atoms with van der Waals surface area (Å²) in [5.74, 6) is 0. The Hall–Kier alpha value is -1.61. The van der Waals surface area contributed by atoms with Crippen LogP contribution in [0, 0.1) is 0 Å². The van der Waals surface area contributed by atoms with Crippen LogP contribution in [0.5, 0.6) is 0 Å². The first-order valence-corrected chi connectivity index (χ1v) is 7.75. The summed E-state index contributed by atoms with van der Waals surface area (Å²) >= 11 is 0. The summed E-state index contributed by atoms with van der Waals surface area (Å²) in [6, 6.07) is 13.4. The van der Waals surface area contributed by atoms with Crippen molar-refractivity contribution in [2.45, 2.75) is 45.1 Å². The molecule has 1 unspecified atom stereocenters. The molecule has 1 aromatic carbocycles. The standard InChI is InChI=1S/C18H27N3/c1-15(19-12-10-17-11-13-20-21(17)4)14-18(2,3)16-8-6-5-7-9-16/h5-9,11,13,15,19H,10,12,14H2,1-4H3. The minimum absolute atomic E-state index is 0.195. The Bertz CT molecular complexity index is 543. The van der Waals surface area contributed by atoms with Gasteiger partial charge in [0.15, 0.2) is 0 Å². The van der Waals surface area contributed by atoms with Crippen molar-refractivity contribution in [2.24, 2.45) is 7.05 Å². The molecule has 0 bridgehead atoms. The van der Waals surface area contributed by atoms with Gasteiger partial charge >= 0.3 is 0 Å². The van der Waals surface area contributed by atoms with Gasteiger partial charge < -0.3 is 5.32 Å². The highest BCUT2D eigenvalue weighted by molar-refractivity contribution is 5.23. The molecule has 1 aromatic heterocycles. The third-order valence-electron chi connectivity index (χ3n) is 4.17. The van der Waals surface area contributed by atoms with Crippen LogP contribution in [0.1, 0.15) is 38.4 Å². The Kier molecular flexibility index (Phi) is 5.18. The SMILES string of the molecule is CC(CC(C)(C)c1ccccc1)NCCc1ccnn1C. The zero-order valence-corrected chi connectivity index (χ0v) is 13.6. The monoisotopic (exact) mass is 285 g/mol. The van der Waals surface area contributed by atoms with Crippen molar-refractivity contribution in [1.29, 1.82) is 0 Å². The van der Waals surface area contributed by atoms with Crippen molar-refractivity contribution in [3.8, 4) is 0 Å². The predicted octanol–water partition coefficient (Wildman–Crippen LogP) is 3.31. The van der Waals surface area contributed by atoms with E-state index in [1.54, 1.807) is 0 Å². The summed E-state index contributed by atoms with van der Waals surface area (Å²) in [6.45, 7) is 7.91. The second-order valence-corrected chi connectivity index (χ2v) is 6.51. The molecule has 3 nitrogen and oxygen atoms in total. The molecule has 1 atom stereocenters. The van der Waals surface area contributed by atoms with Crippen LogP contribution in [0.4, 0.5) is 0 Å². The van der Waals surface area contributed by atoms with Crippen molar-refractivity contribution in [2.75, 3.05) is 6.54 Å². The predicted molar refractivity (Wildman–Crippen MR) is 88.5 cm³/mol. The zero-order chi connectivity index (χ0) is 15.3. The Morgan fingerprint density at radius 1 is 1.19 bits per heavy atom. The molecule has 1 N–H and O–H groups in total. The van der Waals surface area contributed by atoms with Gasteiger partial charge in [0.25, 0.3) is 0 Å². The van der Waals surface area contributed by atoms with Crippen molar-refractivity contribution < 1.29 is 0 Å². The lowest BCUT2D eigenvalue weighted by Crippen LogP contribution is -2.34. The van der Waals surface area contributed by atoms with E-state index in [9.17, 15) is 0 Å². The van der Waals surface area contributed by atoms with Gasteiger partial charge in [0.1, 0.15) is 0 Å². The van der Waals surface area contributed by atoms with Gasteiger partial charge in [-0.3, -0.25) is 4.68 Å². The van der Waals surface area contributed by atoms with E-state index in [1.807, 2.05) is 17.9 Å². The third kappa shape index (κ3) is 4.43. The highest BCUT2D eigenvalue weighted by Crippen LogP contribution is 2.28. The second kappa shape index (κ2) is 6.90. The van der Waals surface area contributed by atoms with Crippen LogP contribution in [-0.4, -0.2) is 22.4 Å². The summed E-state index contributed by atoms with van der Waals surface area (Å²) in [7, 11) is 2.00. The van der Waals surface area contributed by atoms with E-state index in [-0.39, 0.29) is 5.41 Å². The van der Waals surface area contributed by atoms with E-state index in [2.05, 4.69) is 67.6 Å². The van der Waals surface area contributed by atoms with E-state index in [1.165, 1.54) is 11.3 Å². The maximum absolute atomic E-state index is 4.20. The molecule has 0 aliphatic carbocycles. The molecule has 0 saturated carbocycles. The van der Waals surface area contributed by atoms with Crippen LogP contribution < -0.4 is 5.32 Å². The van der Waals surface area contributed by atoms with Crippen molar-refractivity contribution >= 4 is 0 Å². The number of hydrogen-bond donors (Lipinski definition) is 1. The lowest BCUT2D eigenvalue weighted by Gasteiger charge is -2.29. The lowest BCUT2D eigenvalue weighted by molar-refractivity contribution is 0.389.